The van der Waals surface area contributed by atoms with E-state index in [1.165, 1.54) is 15.4 Å². The van der Waals surface area contributed by atoms with Crippen molar-refractivity contribution in [2.75, 3.05) is 26.3 Å². The van der Waals surface area contributed by atoms with Crippen molar-refractivity contribution < 1.29 is 14.3 Å². The predicted molar refractivity (Wildman–Crippen MR) is 118 cm³/mol. The van der Waals surface area contributed by atoms with Gasteiger partial charge in [-0.15, -0.1) is 0 Å². The largest absolute Gasteiger partial charge is 0.438 e. The van der Waals surface area contributed by atoms with Crippen molar-refractivity contribution in [2.45, 2.75) is 13.3 Å². The first-order valence-corrected chi connectivity index (χ1v) is 10.4. The van der Waals surface area contributed by atoms with Gasteiger partial charge in [0.1, 0.15) is 28.6 Å². The van der Waals surface area contributed by atoms with Gasteiger partial charge in [-0.2, -0.15) is 10.2 Å². The van der Waals surface area contributed by atoms with Crippen molar-refractivity contribution in [1.29, 1.82) is 5.26 Å². The fourth-order valence-electron chi connectivity index (χ4n) is 3.41. The second kappa shape index (κ2) is 9.45. The molecule has 8 heteroatoms. The van der Waals surface area contributed by atoms with E-state index < -0.39 is 11.5 Å². The molecular formula is C24H22N4O4. The number of aromatic nitrogens is 2. The van der Waals surface area contributed by atoms with E-state index >= 15 is 0 Å². The molecule has 0 bridgehead atoms. The van der Waals surface area contributed by atoms with Gasteiger partial charge >= 0.3 is 0 Å². The SMILES string of the molecule is CCc1ccc(Oc2nc3ccccn3c(=O)c2C=C(C#N)C(=O)N2CCOCC2)cc1. The summed E-state index contributed by atoms with van der Waals surface area (Å²) >= 11 is 0. The average molecular weight is 430 g/mol. The first-order valence-electron chi connectivity index (χ1n) is 10.4. The van der Waals surface area contributed by atoms with E-state index in [0.717, 1.165) is 12.0 Å². The van der Waals surface area contributed by atoms with Crippen LogP contribution in [0.5, 0.6) is 11.6 Å². The number of hydrogen-bond acceptors (Lipinski definition) is 6. The number of pyridine rings is 1. The van der Waals surface area contributed by atoms with Gasteiger partial charge in [0.15, 0.2) is 0 Å². The molecule has 32 heavy (non-hydrogen) atoms. The van der Waals surface area contributed by atoms with Crippen LogP contribution in [0.2, 0.25) is 0 Å². The van der Waals surface area contributed by atoms with Crippen LogP contribution in [0, 0.1) is 11.3 Å². The van der Waals surface area contributed by atoms with Gasteiger partial charge < -0.3 is 14.4 Å². The highest BCUT2D eigenvalue weighted by atomic mass is 16.5. The molecule has 162 valence electrons. The maximum absolute atomic E-state index is 13.2. The molecule has 1 aromatic carbocycles. The third-order valence-electron chi connectivity index (χ3n) is 5.22. The molecule has 0 radical (unpaired) electrons. The maximum atomic E-state index is 13.2. The standard InChI is InChI=1S/C24H22N4O4/c1-2-17-6-8-19(9-7-17)32-22-20(24(30)28-10-4-3-5-21(28)26-22)15-18(16-25)23(29)27-11-13-31-14-12-27/h3-10,15H,2,11-14H2,1H3. The smallest absolute Gasteiger partial charge is 0.269 e. The number of fused-ring (bicyclic) bond motifs is 1. The molecule has 1 aliphatic heterocycles. The summed E-state index contributed by atoms with van der Waals surface area (Å²) in [5, 5.41) is 9.66. The molecule has 4 rings (SSSR count). The van der Waals surface area contributed by atoms with Crippen LogP contribution in [0.25, 0.3) is 11.7 Å². The van der Waals surface area contributed by atoms with Gasteiger partial charge in [0, 0.05) is 19.3 Å². The highest BCUT2D eigenvalue weighted by Gasteiger charge is 2.23. The topological polar surface area (TPSA) is 96.9 Å². The summed E-state index contributed by atoms with van der Waals surface area (Å²) in [6.45, 7) is 3.65. The van der Waals surface area contributed by atoms with E-state index in [0.29, 0.717) is 37.7 Å². The molecule has 2 aromatic heterocycles. The van der Waals surface area contributed by atoms with Gasteiger partial charge in [0.05, 0.1) is 13.2 Å². The first kappa shape index (κ1) is 21.3. The molecule has 0 unspecified atom stereocenters. The molecule has 1 saturated heterocycles. The fourth-order valence-corrected chi connectivity index (χ4v) is 3.41. The van der Waals surface area contributed by atoms with Crippen molar-refractivity contribution in [3.63, 3.8) is 0 Å². The van der Waals surface area contributed by atoms with E-state index in [4.69, 9.17) is 9.47 Å². The number of carbonyl (C=O) groups is 1. The van der Waals surface area contributed by atoms with Crippen LogP contribution in [0.15, 0.2) is 59.0 Å². The van der Waals surface area contributed by atoms with Crippen LogP contribution >= 0.6 is 0 Å². The number of rotatable bonds is 5. The van der Waals surface area contributed by atoms with Crippen LogP contribution in [-0.4, -0.2) is 46.5 Å². The lowest BCUT2D eigenvalue weighted by Crippen LogP contribution is -2.41. The number of morpholine rings is 1. The molecular weight excluding hydrogens is 408 g/mol. The molecule has 0 aliphatic carbocycles. The molecule has 1 amide bonds. The minimum absolute atomic E-state index is 0.0337. The van der Waals surface area contributed by atoms with Crippen LogP contribution in [-0.2, 0) is 16.0 Å². The molecule has 1 aliphatic rings. The van der Waals surface area contributed by atoms with Gasteiger partial charge in [-0.05, 0) is 42.3 Å². The molecule has 0 spiro atoms. The lowest BCUT2D eigenvalue weighted by atomic mass is 10.1. The summed E-state index contributed by atoms with van der Waals surface area (Å²) < 4.78 is 12.6. The minimum Gasteiger partial charge on any atom is -0.438 e. The van der Waals surface area contributed by atoms with Crippen LogP contribution in [0.3, 0.4) is 0 Å². The Kier molecular flexibility index (Phi) is 6.29. The third-order valence-corrected chi connectivity index (χ3v) is 5.22. The molecule has 1 fully saturated rings. The Hall–Kier alpha value is -3.96. The minimum atomic E-state index is -0.452. The quantitative estimate of drug-likeness (QED) is 0.456. The van der Waals surface area contributed by atoms with Gasteiger partial charge in [0.25, 0.3) is 11.5 Å². The van der Waals surface area contributed by atoms with Crippen molar-refractivity contribution >= 4 is 17.6 Å². The molecule has 0 N–H and O–H groups in total. The fraction of sp³-hybridized carbons (Fsp3) is 0.250. The van der Waals surface area contributed by atoms with Gasteiger partial charge in [-0.25, -0.2) is 0 Å². The average Bonchev–Trinajstić information content (AvgIpc) is 2.84. The van der Waals surface area contributed by atoms with E-state index in [9.17, 15) is 14.9 Å². The Morgan fingerprint density at radius 3 is 2.66 bits per heavy atom. The molecule has 8 nitrogen and oxygen atoms in total. The summed E-state index contributed by atoms with van der Waals surface area (Å²) in [6, 6.07) is 14.5. The van der Waals surface area contributed by atoms with Crippen LogP contribution in [0.1, 0.15) is 18.1 Å². The van der Waals surface area contributed by atoms with Gasteiger partial charge in [-0.3, -0.25) is 14.0 Å². The van der Waals surface area contributed by atoms with Crippen LogP contribution in [0.4, 0.5) is 0 Å². The van der Waals surface area contributed by atoms with Crippen molar-refractivity contribution in [1.82, 2.24) is 14.3 Å². The highest BCUT2D eigenvalue weighted by molar-refractivity contribution is 6.02. The third kappa shape index (κ3) is 4.38. The highest BCUT2D eigenvalue weighted by Crippen LogP contribution is 2.25. The number of amides is 1. The Balaban J connectivity index is 1.80. The zero-order valence-corrected chi connectivity index (χ0v) is 17.7. The Morgan fingerprint density at radius 2 is 1.97 bits per heavy atom. The Labute approximate surface area is 184 Å². The van der Waals surface area contributed by atoms with E-state index in [1.807, 2.05) is 18.2 Å². The zero-order chi connectivity index (χ0) is 22.5. The number of nitriles is 1. The number of aryl methyl sites for hydroxylation is 1. The number of hydrogen-bond donors (Lipinski definition) is 0. The first-order chi connectivity index (χ1) is 15.6. The Bertz CT molecular complexity index is 1270. The number of carbonyl (C=O) groups excluding carboxylic acids is 1. The molecule has 3 aromatic rings. The predicted octanol–water partition coefficient (Wildman–Crippen LogP) is 2.81. The summed E-state index contributed by atoms with van der Waals surface area (Å²) in [4.78, 5) is 32.1. The van der Waals surface area contributed by atoms with E-state index in [2.05, 4.69) is 11.9 Å². The van der Waals surface area contributed by atoms with Crippen molar-refractivity contribution in [3.8, 4) is 17.7 Å². The zero-order valence-electron chi connectivity index (χ0n) is 17.7. The number of ether oxygens (including phenoxy) is 2. The molecule has 0 saturated carbocycles. The monoisotopic (exact) mass is 430 g/mol. The lowest BCUT2D eigenvalue weighted by Gasteiger charge is -2.26. The van der Waals surface area contributed by atoms with Crippen molar-refractivity contribution in [3.05, 3.63) is 75.7 Å². The lowest BCUT2D eigenvalue weighted by molar-refractivity contribution is -0.130. The summed E-state index contributed by atoms with van der Waals surface area (Å²) in [7, 11) is 0. The second-order valence-electron chi connectivity index (χ2n) is 7.24. The summed E-state index contributed by atoms with van der Waals surface area (Å²) in [6.07, 6.45) is 3.74. The van der Waals surface area contributed by atoms with Crippen molar-refractivity contribution in [2.24, 2.45) is 0 Å². The van der Waals surface area contributed by atoms with E-state index in [1.54, 1.807) is 36.5 Å². The van der Waals surface area contributed by atoms with Crippen LogP contribution < -0.4 is 10.3 Å². The second-order valence-corrected chi connectivity index (χ2v) is 7.24. The number of nitrogens with zero attached hydrogens (tertiary/aromatic N) is 4. The number of benzene rings is 1. The van der Waals surface area contributed by atoms with E-state index in [-0.39, 0.29) is 17.0 Å². The summed E-state index contributed by atoms with van der Waals surface area (Å²) in [5.74, 6) is 0.0848. The Morgan fingerprint density at radius 1 is 1.22 bits per heavy atom. The molecule has 3 heterocycles. The summed E-state index contributed by atoms with van der Waals surface area (Å²) in [5.41, 5.74) is 0.984. The maximum Gasteiger partial charge on any atom is 0.269 e. The van der Waals surface area contributed by atoms with Gasteiger partial charge in [-0.1, -0.05) is 25.1 Å². The normalized spacial score (nSPS) is 14.2. The van der Waals surface area contributed by atoms with Gasteiger partial charge in [0.2, 0.25) is 5.88 Å². The molecule has 0 atom stereocenters.